The average Bonchev–Trinajstić information content (AvgIpc) is 3.34. The summed E-state index contributed by atoms with van der Waals surface area (Å²) in [5, 5.41) is 14.2. The molecule has 31 heavy (non-hydrogen) atoms. The maximum Gasteiger partial charge on any atom is 0.573 e. The molecule has 4 aromatic rings. The van der Waals surface area contributed by atoms with Crippen molar-refractivity contribution >= 4 is 11.0 Å². The molecule has 12 heteroatoms. The minimum absolute atomic E-state index is 0.166. The molecule has 0 saturated heterocycles. The molecule has 0 amide bonds. The summed E-state index contributed by atoms with van der Waals surface area (Å²) in [5.41, 5.74) is 0.0373. The highest BCUT2D eigenvalue weighted by Gasteiger charge is 2.39. The maximum absolute atomic E-state index is 13.2. The van der Waals surface area contributed by atoms with Gasteiger partial charge < -0.3 is 9.15 Å². The van der Waals surface area contributed by atoms with E-state index in [1.54, 1.807) is 24.3 Å². The van der Waals surface area contributed by atoms with E-state index in [9.17, 15) is 26.3 Å². The zero-order valence-corrected chi connectivity index (χ0v) is 15.4. The molecule has 0 unspecified atom stereocenters. The number of hydrogen-bond donors (Lipinski definition) is 1. The molecule has 0 aliphatic rings. The minimum Gasteiger partial charge on any atom is -0.453 e. The lowest BCUT2D eigenvalue weighted by Gasteiger charge is -2.16. The average molecular weight is 442 g/mol. The van der Waals surface area contributed by atoms with E-state index in [4.69, 9.17) is 4.42 Å². The van der Waals surface area contributed by atoms with Crippen molar-refractivity contribution in [1.29, 1.82) is 0 Å². The predicted molar refractivity (Wildman–Crippen MR) is 94.9 cm³/mol. The van der Waals surface area contributed by atoms with Crippen LogP contribution in [0, 0.1) is 0 Å². The van der Waals surface area contributed by atoms with Crippen molar-refractivity contribution < 1.29 is 35.5 Å². The second kappa shape index (κ2) is 7.60. The van der Waals surface area contributed by atoms with Crippen LogP contribution in [0.15, 0.2) is 46.9 Å². The molecule has 0 fully saturated rings. The molecular weight excluding hydrogens is 430 g/mol. The number of ether oxygens (including phenoxy) is 1. The molecule has 4 rings (SSSR count). The van der Waals surface area contributed by atoms with E-state index >= 15 is 0 Å². The van der Waals surface area contributed by atoms with Crippen molar-refractivity contribution in [3.05, 3.63) is 59.2 Å². The van der Waals surface area contributed by atoms with Crippen LogP contribution in [0.2, 0.25) is 0 Å². The molecule has 0 aliphatic carbocycles. The van der Waals surface area contributed by atoms with Gasteiger partial charge in [0.15, 0.2) is 5.76 Å². The summed E-state index contributed by atoms with van der Waals surface area (Å²) in [4.78, 5) is 0. The molecule has 1 N–H and O–H groups in total. The van der Waals surface area contributed by atoms with Crippen molar-refractivity contribution in [2.45, 2.75) is 25.4 Å². The van der Waals surface area contributed by atoms with Crippen LogP contribution in [0.4, 0.5) is 26.3 Å². The molecule has 0 bridgehead atoms. The molecule has 0 aliphatic heterocycles. The number of nitrogens with zero attached hydrogens (tertiary/aromatic N) is 3. The van der Waals surface area contributed by atoms with Crippen LogP contribution < -0.4 is 4.74 Å². The van der Waals surface area contributed by atoms with Crippen molar-refractivity contribution in [2.24, 2.45) is 0 Å². The van der Waals surface area contributed by atoms with E-state index in [1.165, 1.54) is 6.07 Å². The van der Waals surface area contributed by atoms with Crippen LogP contribution >= 0.6 is 0 Å². The van der Waals surface area contributed by atoms with Gasteiger partial charge in [-0.3, -0.25) is 0 Å². The first-order valence-corrected chi connectivity index (χ1v) is 8.81. The lowest BCUT2D eigenvalue weighted by atomic mass is 10.0. The van der Waals surface area contributed by atoms with Gasteiger partial charge in [-0.25, -0.2) is 0 Å². The summed E-state index contributed by atoms with van der Waals surface area (Å²) < 4.78 is 85.9. The van der Waals surface area contributed by atoms with Crippen LogP contribution in [0.1, 0.15) is 16.7 Å². The van der Waals surface area contributed by atoms with Gasteiger partial charge in [0.05, 0.1) is 5.56 Å². The Morgan fingerprint density at radius 1 is 0.903 bits per heavy atom. The van der Waals surface area contributed by atoms with Gasteiger partial charge in [-0.05, 0) is 53.4 Å². The van der Waals surface area contributed by atoms with Crippen LogP contribution in [-0.2, 0) is 19.0 Å². The number of hydrogen-bond acceptors (Lipinski definition) is 5. The number of nitrogens with one attached hydrogen (secondary N) is 1. The fourth-order valence-electron chi connectivity index (χ4n) is 3.06. The fraction of sp³-hybridized carbons (Fsp3) is 0.211. The number of benzene rings is 2. The Morgan fingerprint density at radius 2 is 1.61 bits per heavy atom. The quantitative estimate of drug-likeness (QED) is 0.424. The molecule has 6 nitrogen and oxygen atoms in total. The van der Waals surface area contributed by atoms with Crippen LogP contribution in [0.25, 0.3) is 22.6 Å². The van der Waals surface area contributed by atoms with Gasteiger partial charge in [-0.2, -0.15) is 18.4 Å². The maximum atomic E-state index is 13.2. The third-order valence-corrected chi connectivity index (χ3v) is 4.43. The highest BCUT2D eigenvalue weighted by molar-refractivity contribution is 5.82. The number of aromatic nitrogens is 4. The Bertz CT molecular complexity index is 1200. The summed E-state index contributed by atoms with van der Waals surface area (Å²) in [6.45, 7) is 0. The molecule has 2 aromatic carbocycles. The highest BCUT2D eigenvalue weighted by atomic mass is 19.4. The van der Waals surface area contributed by atoms with Crippen LogP contribution in [0.3, 0.4) is 0 Å². The number of rotatable bonds is 5. The number of furan rings is 1. The van der Waals surface area contributed by atoms with E-state index in [2.05, 4.69) is 25.4 Å². The van der Waals surface area contributed by atoms with E-state index in [1.807, 2.05) is 0 Å². The summed E-state index contributed by atoms with van der Waals surface area (Å²) in [6.07, 6.45) is -9.71. The third kappa shape index (κ3) is 4.78. The standard InChI is InChI=1S/C19H12F6N4O2/c20-18(21,22)13-7-10(4-6-14(13)31-19(23,24)25)1-2-11-3-5-12-9-16(30-15(12)8-11)17-26-28-29-27-17/h3-9H,1-2H2,(H,26,27,28,29). The second-order valence-corrected chi connectivity index (χ2v) is 6.59. The van der Waals surface area contributed by atoms with Gasteiger partial charge in [-0.15, -0.1) is 23.4 Å². The summed E-state index contributed by atoms with van der Waals surface area (Å²) in [7, 11) is 0. The van der Waals surface area contributed by atoms with Crippen molar-refractivity contribution in [2.75, 3.05) is 0 Å². The van der Waals surface area contributed by atoms with Crippen molar-refractivity contribution in [1.82, 2.24) is 20.6 Å². The number of tetrazole rings is 1. The SMILES string of the molecule is FC(F)(F)Oc1ccc(CCc2ccc3cc(-c4nn[nH]n4)oc3c2)cc1C(F)(F)F. The Hall–Kier alpha value is -3.57. The van der Waals surface area contributed by atoms with Gasteiger partial charge in [0.2, 0.25) is 5.82 Å². The van der Waals surface area contributed by atoms with Crippen molar-refractivity contribution in [3.63, 3.8) is 0 Å². The Balaban J connectivity index is 1.53. The first kappa shape index (κ1) is 20.7. The molecule has 0 radical (unpaired) electrons. The van der Waals surface area contributed by atoms with Crippen LogP contribution in [-0.4, -0.2) is 27.0 Å². The summed E-state index contributed by atoms with van der Waals surface area (Å²) in [5.74, 6) is -0.607. The zero-order valence-electron chi connectivity index (χ0n) is 15.4. The number of aromatic amines is 1. The second-order valence-electron chi connectivity index (χ2n) is 6.59. The minimum atomic E-state index is -5.22. The molecular formula is C19H12F6N4O2. The molecule has 0 atom stereocenters. The first-order chi connectivity index (χ1) is 14.6. The van der Waals surface area contributed by atoms with Crippen molar-refractivity contribution in [3.8, 4) is 17.3 Å². The number of fused-ring (bicyclic) bond motifs is 1. The third-order valence-electron chi connectivity index (χ3n) is 4.43. The van der Waals surface area contributed by atoms with E-state index in [-0.39, 0.29) is 17.8 Å². The predicted octanol–water partition coefficient (Wildman–Crippen LogP) is 5.32. The molecule has 2 aromatic heterocycles. The molecule has 0 spiro atoms. The Morgan fingerprint density at radius 3 is 2.26 bits per heavy atom. The summed E-state index contributed by atoms with van der Waals surface area (Å²) >= 11 is 0. The number of H-pyrrole nitrogens is 1. The lowest BCUT2D eigenvalue weighted by Crippen LogP contribution is -2.20. The number of alkyl halides is 6. The van der Waals surface area contributed by atoms with Gasteiger partial charge >= 0.3 is 12.5 Å². The van der Waals surface area contributed by atoms with Gasteiger partial charge in [0.25, 0.3) is 0 Å². The molecule has 162 valence electrons. The number of aryl methyl sites for hydroxylation is 2. The first-order valence-electron chi connectivity index (χ1n) is 8.81. The monoisotopic (exact) mass is 442 g/mol. The fourth-order valence-corrected chi connectivity index (χ4v) is 3.06. The van der Waals surface area contributed by atoms with Gasteiger partial charge in [0.1, 0.15) is 11.3 Å². The largest absolute Gasteiger partial charge is 0.573 e. The zero-order chi connectivity index (χ0) is 22.2. The molecule has 2 heterocycles. The lowest BCUT2D eigenvalue weighted by molar-refractivity contribution is -0.276. The van der Waals surface area contributed by atoms with E-state index in [0.717, 1.165) is 10.9 Å². The van der Waals surface area contributed by atoms with E-state index < -0.39 is 23.9 Å². The Labute approximate surface area is 169 Å². The smallest absolute Gasteiger partial charge is 0.453 e. The summed E-state index contributed by atoms with van der Waals surface area (Å²) in [6, 6.07) is 9.53. The highest BCUT2D eigenvalue weighted by Crippen LogP contribution is 2.39. The molecule has 0 saturated carbocycles. The van der Waals surface area contributed by atoms with Crippen LogP contribution in [0.5, 0.6) is 5.75 Å². The topological polar surface area (TPSA) is 76.8 Å². The number of halogens is 6. The normalized spacial score (nSPS) is 12.5. The Kier molecular flexibility index (Phi) is 5.07. The van der Waals surface area contributed by atoms with E-state index in [0.29, 0.717) is 29.9 Å². The van der Waals surface area contributed by atoms with Gasteiger partial charge in [-0.1, -0.05) is 18.2 Å². The van der Waals surface area contributed by atoms with Gasteiger partial charge in [0, 0.05) is 5.39 Å².